The molecule has 3 rings (SSSR count). The largest absolute Gasteiger partial charge is 0.489 e. The predicted octanol–water partition coefficient (Wildman–Crippen LogP) is 2.72. The van der Waals surface area contributed by atoms with Crippen molar-refractivity contribution in [1.29, 1.82) is 0 Å². The molecule has 1 amide bonds. The molecule has 5 heteroatoms. The Kier molecular flexibility index (Phi) is 4.73. The van der Waals surface area contributed by atoms with Crippen molar-refractivity contribution >= 4 is 21.8 Å². The van der Waals surface area contributed by atoms with E-state index in [4.69, 9.17) is 4.74 Å². The van der Waals surface area contributed by atoms with Crippen LogP contribution in [0, 0.1) is 11.3 Å². The van der Waals surface area contributed by atoms with Crippen molar-refractivity contribution < 1.29 is 9.53 Å². The molecule has 2 unspecified atom stereocenters. The summed E-state index contributed by atoms with van der Waals surface area (Å²) in [5.41, 5.74) is 0.297. The molecular weight excluding hydrogens is 344 g/mol. The van der Waals surface area contributed by atoms with Crippen molar-refractivity contribution in [2.45, 2.75) is 32.3 Å². The van der Waals surface area contributed by atoms with Crippen LogP contribution in [0.5, 0.6) is 5.75 Å². The van der Waals surface area contributed by atoms with Gasteiger partial charge in [0.15, 0.2) is 0 Å². The van der Waals surface area contributed by atoms with Crippen LogP contribution in [0.4, 0.5) is 0 Å². The summed E-state index contributed by atoms with van der Waals surface area (Å²) in [4.78, 5) is 12.3. The Morgan fingerprint density at radius 1 is 1.41 bits per heavy atom. The lowest BCUT2D eigenvalue weighted by Crippen LogP contribution is -2.37. The Hall–Kier alpha value is -1.07. The van der Waals surface area contributed by atoms with Crippen LogP contribution in [0.1, 0.15) is 26.2 Å². The van der Waals surface area contributed by atoms with Crippen LogP contribution in [0.2, 0.25) is 0 Å². The molecule has 2 fully saturated rings. The van der Waals surface area contributed by atoms with Gasteiger partial charge in [0.2, 0.25) is 5.91 Å². The van der Waals surface area contributed by atoms with E-state index < -0.39 is 0 Å². The van der Waals surface area contributed by atoms with E-state index in [-0.39, 0.29) is 17.9 Å². The number of amides is 1. The predicted molar refractivity (Wildman–Crippen MR) is 89.9 cm³/mol. The summed E-state index contributed by atoms with van der Waals surface area (Å²) in [6.45, 7) is 4.63. The summed E-state index contributed by atoms with van der Waals surface area (Å²) in [5.74, 6) is 1.24. The molecule has 22 heavy (non-hydrogen) atoms. The van der Waals surface area contributed by atoms with Crippen molar-refractivity contribution in [2.24, 2.45) is 11.3 Å². The normalized spacial score (nSPS) is 23.8. The number of carbonyl (C=O) groups is 1. The number of carbonyl (C=O) groups excluding carboxylic acids is 1. The second-order valence-electron chi connectivity index (χ2n) is 6.50. The first-order valence-electron chi connectivity index (χ1n) is 8.00. The van der Waals surface area contributed by atoms with Crippen LogP contribution in [-0.2, 0) is 4.79 Å². The number of rotatable bonds is 5. The first-order chi connectivity index (χ1) is 10.6. The van der Waals surface area contributed by atoms with E-state index in [0.29, 0.717) is 12.0 Å². The first kappa shape index (κ1) is 15.8. The molecule has 2 atom stereocenters. The lowest BCUT2D eigenvalue weighted by Gasteiger charge is -2.23. The Morgan fingerprint density at radius 3 is 2.77 bits per heavy atom. The number of hydrogen-bond donors (Lipinski definition) is 2. The van der Waals surface area contributed by atoms with E-state index in [0.717, 1.165) is 42.6 Å². The highest BCUT2D eigenvalue weighted by molar-refractivity contribution is 9.10. The van der Waals surface area contributed by atoms with Crippen LogP contribution in [0.25, 0.3) is 0 Å². The molecule has 1 saturated heterocycles. The maximum absolute atomic E-state index is 12.3. The molecule has 0 radical (unpaired) electrons. The number of nitrogens with one attached hydrogen (secondary N) is 2. The third kappa shape index (κ3) is 3.63. The minimum atomic E-state index is -0.0344. The molecule has 1 aliphatic heterocycles. The van der Waals surface area contributed by atoms with Crippen LogP contribution in [0.15, 0.2) is 28.7 Å². The van der Waals surface area contributed by atoms with Gasteiger partial charge in [-0.15, -0.1) is 0 Å². The van der Waals surface area contributed by atoms with Crippen molar-refractivity contribution in [3.05, 3.63) is 28.7 Å². The van der Waals surface area contributed by atoms with E-state index in [2.05, 4.69) is 26.6 Å². The molecule has 1 aromatic carbocycles. The summed E-state index contributed by atoms with van der Waals surface area (Å²) in [5, 5.41) is 6.42. The number of ether oxygens (including phenoxy) is 1. The minimum Gasteiger partial charge on any atom is -0.489 e. The SMILES string of the molecule is CC(CNC(=O)C1CC12CCNCC2)Oc1ccc(Br)cc1. The summed E-state index contributed by atoms with van der Waals surface area (Å²) in [6, 6.07) is 7.75. The van der Waals surface area contributed by atoms with Gasteiger partial charge in [-0.05, 0) is 69.0 Å². The number of piperidine rings is 1. The van der Waals surface area contributed by atoms with Gasteiger partial charge < -0.3 is 15.4 Å². The number of hydrogen-bond acceptors (Lipinski definition) is 3. The Bertz CT molecular complexity index is 526. The van der Waals surface area contributed by atoms with Crippen molar-refractivity contribution in [3.63, 3.8) is 0 Å². The minimum absolute atomic E-state index is 0.0344. The molecule has 1 heterocycles. The summed E-state index contributed by atoms with van der Waals surface area (Å²) < 4.78 is 6.84. The van der Waals surface area contributed by atoms with Crippen LogP contribution in [-0.4, -0.2) is 31.6 Å². The maximum Gasteiger partial charge on any atom is 0.223 e. The van der Waals surface area contributed by atoms with Gasteiger partial charge in [0, 0.05) is 10.4 Å². The average molecular weight is 367 g/mol. The molecule has 0 bridgehead atoms. The zero-order valence-corrected chi connectivity index (χ0v) is 14.5. The standard InChI is InChI=1S/C17H23BrN2O2/c1-12(22-14-4-2-13(18)3-5-14)11-20-16(21)15-10-17(15)6-8-19-9-7-17/h2-5,12,15,19H,6-11H2,1H3,(H,20,21). The van der Waals surface area contributed by atoms with Crippen LogP contribution >= 0.6 is 15.9 Å². The van der Waals surface area contributed by atoms with Gasteiger partial charge in [0.1, 0.15) is 11.9 Å². The van der Waals surface area contributed by atoms with Crippen molar-refractivity contribution in [2.75, 3.05) is 19.6 Å². The van der Waals surface area contributed by atoms with E-state index in [1.807, 2.05) is 31.2 Å². The van der Waals surface area contributed by atoms with E-state index in [1.165, 1.54) is 0 Å². The van der Waals surface area contributed by atoms with Gasteiger partial charge in [-0.1, -0.05) is 15.9 Å². The van der Waals surface area contributed by atoms with Gasteiger partial charge >= 0.3 is 0 Å². The summed E-state index contributed by atoms with van der Waals surface area (Å²) >= 11 is 3.40. The first-order valence-corrected chi connectivity index (χ1v) is 8.79. The smallest absolute Gasteiger partial charge is 0.223 e. The second kappa shape index (κ2) is 6.59. The monoisotopic (exact) mass is 366 g/mol. The van der Waals surface area contributed by atoms with Crippen molar-refractivity contribution in [3.8, 4) is 5.75 Å². The molecule has 1 saturated carbocycles. The lowest BCUT2D eigenvalue weighted by atomic mass is 9.92. The van der Waals surface area contributed by atoms with E-state index in [9.17, 15) is 4.79 Å². The zero-order valence-electron chi connectivity index (χ0n) is 12.9. The van der Waals surface area contributed by atoms with Gasteiger partial charge in [0.05, 0.1) is 6.54 Å². The lowest BCUT2D eigenvalue weighted by molar-refractivity contribution is -0.123. The molecule has 2 aliphatic rings. The molecule has 4 nitrogen and oxygen atoms in total. The van der Waals surface area contributed by atoms with E-state index >= 15 is 0 Å². The van der Waals surface area contributed by atoms with Crippen molar-refractivity contribution in [1.82, 2.24) is 10.6 Å². The molecule has 1 spiro atoms. The maximum atomic E-state index is 12.3. The second-order valence-corrected chi connectivity index (χ2v) is 7.41. The highest BCUT2D eigenvalue weighted by Crippen LogP contribution is 2.58. The zero-order chi connectivity index (χ0) is 15.6. The van der Waals surface area contributed by atoms with E-state index in [1.54, 1.807) is 0 Å². The fourth-order valence-corrected chi connectivity index (χ4v) is 3.61. The van der Waals surface area contributed by atoms with Gasteiger partial charge in [-0.2, -0.15) is 0 Å². The topological polar surface area (TPSA) is 50.4 Å². The van der Waals surface area contributed by atoms with Gasteiger partial charge in [-0.3, -0.25) is 4.79 Å². The molecule has 2 N–H and O–H groups in total. The fourth-order valence-electron chi connectivity index (χ4n) is 3.35. The van der Waals surface area contributed by atoms with Gasteiger partial charge in [-0.25, -0.2) is 0 Å². The molecular formula is C17H23BrN2O2. The summed E-state index contributed by atoms with van der Waals surface area (Å²) in [6.07, 6.45) is 3.29. The molecule has 0 aromatic heterocycles. The quantitative estimate of drug-likeness (QED) is 0.842. The average Bonchev–Trinajstić information content (AvgIpc) is 3.21. The van der Waals surface area contributed by atoms with Crippen LogP contribution < -0.4 is 15.4 Å². The molecule has 120 valence electrons. The Balaban J connectivity index is 1.42. The van der Waals surface area contributed by atoms with Crippen LogP contribution in [0.3, 0.4) is 0 Å². The third-order valence-corrected chi connectivity index (χ3v) is 5.35. The highest BCUT2D eigenvalue weighted by Gasteiger charge is 2.57. The fraction of sp³-hybridized carbons (Fsp3) is 0.588. The number of benzene rings is 1. The van der Waals surface area contributed by atoms with Gasteiger partial charge in [0.25, 0.3) is 0 Å². The Labute approximate surface area is 140 Å². The summed E-state index contributed by atoms with van der Waals surface area (Å²) in [7, 11) is 0. The Morgan fingerprint density at radius 2 is 2.09 bits per heavy atom. The highest BCUT2D eigenvalue weighted by atomic mass is 79.9. The third-order valence-electron chi connectivity index (χ3n) is 4.82. The molecule has 1 aromatic rings. The molecule has 1 aliphatic carbocycles. The number of halogens is 1.